The van der Waals surface area contributed by atoms with Crippen molar-refractivity contribution in [3.05, 3.63) is 12.2 Å². The molecule has 1 saturated heterocycles. The van der Waals surface area contributed by atoms with Gasteiger partial charge in [0.05, 0.1) is 24.4 Å². The molecule has 5 aliphatic rings. The van der Waals surface area contributed by atoms with E-state index < -0.39 is 72.1 Å². The summed E-state index contributed by atoms with van der Waals surface area (Å²) < 4.78 is 11.7. The highest BCUT2D eigenvalue weighted by atomic mass is 16.7. The maximum Gasteiger partial charge on any atom is 0.186 e. The van der Waals surface area contributed by atoms with Crippen molar-refractivity contribution in [2.24, 2.45) is 28.6 Å². The Hall–Kier alpha value is -0.660. The molecule has 1 aliphatic heterocycles. The van der Waals surface area contributed by atoms with Gasteiger partial charge in [0.25, 0.3) is 0 Å². The fraction of sp³-hybridized carbons (Fsp3) is 0.923. The van der Waals surface area contributed by atoms with E-state index in [-0.39, 0.29) is 22.7 Å². The van der Waals surface area contributed by atoms with Gasteiger partial charge in [0.2, 0.25) is 0 Å². The Morgan fingerprint density at radius 1 is 0.972 bits per heavy atom. The molecule has 208 valence electrons. The molecule has 0 aromatic carbocycles. The Kier molecular flexibility index (Phi) is 7.04. The van der Waals surface area contributed by atoms with Gasteiger partial charge in [-0.1, -0.05) is 26.0 Å². The lowest BCUT2D eigenvalue weighted by Gasteiger charge is -2.47. The van der Waals surface area contributed by atoms with Crippen LogP contribution < -0.4 is 0 Å². The zero-order valence-electron chi connectivity index (χ0n) is 21.4. The van der Waals surface area contributed by atoms with Crippen LogP contribution in [0.4, 0.5) is 0 Å². The van der Waals surface area contributed by atoms with Crippen LogP contribution in [0.2, 0.25) is 0 Å². The fourth-order valence-corrected chi connectivity index (χ4v) is 8.71. The molecule has 1 spiro atoms. The van der Waals surface area contributed by atoms with Gasteiger partial charge in [0, 0.05) is 11.3 Å². The summed E-state index contributed by atoms with van der Waals surface area (Å²) in [5.74, 6) is -0.210. The van der Waals surface area contributed by atoms with E-state index in [4.69, 9.17) is 9.47 Å². The molecule has 1 heterocycles. The molecule has 5 rings (SSSR count). The van der Waals surface area contributed by atoms with E-state index in [0.717, 1.165) is 24.8 Å². The van der Waals surface area contributed by atoms with Gasteiger partial charge in [-0.3, -0.25) is 0 Å². The van der Waals surface area contributed by atoms with E-state index in [1.54, 1.807) is 0 Å². The second-order valence-corrected chi connectivity index (χ2v) is 12.9. The third kappa shape index (κ3) is 3.68. The van der Waals surface area contributed by atoms with Crippen LogP contribution in [0.3, 0.4) is 0 Å². The van der Waals surface area contributed by atoms with Crippen molar-refractivity contribution in [1.82, 2.24) is 0 Å². The van der Waals surface area contributed by atoms with Gasteiger partial charge in [-0.05, 0) is 62.7 Å². The monoisotopic (exact) mass is 516 g/mol. The summed E-state index contributed by atoms with van der Waals surface area (Å²) in [4.78, 5) is 0. The first-order chi connectivity index (χ1) is 16.2. The molecular weight excluding hydrogens is 472 g/mol. The number of rotatable bonds is 3. The molecule has 0 aromatic rings. The molecular formula is C26H44O10. The zero-order chi connectivity index (χ0) is 25.7. The van der Waals surface area contributed by atoms with Crippen LogP contribution >= 0.6 is 0 Å². The second-order valence-electron chi connectivity index (χ2n) is 12.9. The molecule has 2 bridgehead atoms. The zero-order valence-corrected chi connectivity index (χ0v) is 21.4. The minimum atomic E-state index is -1.56. The molecule has 5 fully saturated rings. The van der Waals surface area contributed by atoms with Gasteiger partial charge in [-0.25, -0.2) is 0 Å². The second kappa shape index (κ2) is 8.94. The van der Waals surface area contributed by atoms with Gasteiger partial charge in [0.15, 0.2) is 6.29 Å². The lowest BCUT2D eigenvalue weighted by Crippen LogP contribution is -2.61. The van der Waals surface area contributed by atoms with Gasteiger partial charge < -0.3 is 50.7 Å². The van der Waals surface area contributed by atoms with Crippen molar-refractivity contribution in [3.8, 4) is 0 Å². The largest absolute Gasteiger partial charge is 0.412 e. The number of aliphatic hydroxyl groups is 7. The first-order valence-electron chi connectivity index (χ1n) is 13.0. The van der Waals surface area contributed by atoms with E-state index in [2.05, 4.69) is 6.58 Å². The van der Waals surface area contributed by atoms with Crippen LogP contribution in [0, 0.1) is 28.6 Å². The average Bonchev–Trinajstić information content (AvgIpc) is 3.08. The highest BCUT2D eigenvalue weighted by Gasteiger charge is 2.70. The molecule has 4 aliphatic carbocycles. The number of aliphatic hydroxyl groups excluding tert-OH is 5. The topological polar surface area (TPSA) is 192 Å². The molecule has 0 amide bonds. The highest BCUT2D eigenvalue weighted by Crippen LogP contribution is 2.69. The Labute approximate surface area is 211 Å². The maximum absolute atomic E-state index is 12.2. The molecule has 0 aromatic heterocycles. The van der Waals surface area contributed by atoms with Crippen molar-refractivity contribution in [1.29, 1.82) is 0 Å². The predicted molar refractivity (Wildman–Crippen MR) is 127 cm³/mol. The Morgan fingerprint density at radius 3 is 2.28 bits per heavy atom. The van der Waals surface area contributed by atoms with Crippen LogP contribution in [0.25, 0.3) is 0 Å². The molecule has 36 heavy (non-hydrogen) atoms. The van der Waals surface area contributed by atoms with Crippen molar-refractivity contribution in [2.75, 3.05) is 6.61 Å². The highest BCUT2D eigenvalue weighted by molar-refractivity contribution is 5.30. The van der Waals surface area contributed by atoms with E-state index in [9.17, 15) is 35.7 Å². The summed E-state index contributed by atoms with van der Waals surface area (Å²) in [6.45, 7) is 9.42. The van der Waals surface area contributed by atoms with Gasteiger partial charge in [-0.2, -0.15) is 0 Å². The number of ether oxygens (including phenoxy) is 2. The lowest BCUT2D eigenvalue weighted by atomic mass is 9.63. The van der Waals surface area contributed by atoms with E-state index in [1.165, 1.54) is 0 Å². The van der Waals surface area contributed by atoms with Crippen molar-refractivity contribution in [3.63, 3.8) is 0 Å². The minimum Gasteiger partial charge on any atom is -0.412 e. The predicted octanol–water partition coefficient (Wildman–Crippen LogP) is -0.998. The average molecular weight is 517 g/mol. The van der Waals surface area contributed by atoms with Crippen molar-refractivity contribution < 1.29 is 50.7 Å². The molecule has 0 unspecified atom stereocenters. The number of hydrogen-bond acceptors (Lipinski definition) is 9. The van der Waals surface area contributed by atoms with E-state index in [0.29, 0.717) is 19.3 Å². The van der Waals surface area contributed by atoms with Crippen LogP contribution in [-0.4, -0.2) is 102 Å². The standard InChI is InChI=1S/C26H42O9.H2O/c1-12-14-6-5-13-8-25(14,11-24(13,4)32)9-17(28)26(33)15(12)7-18(23(26,2)3)35-22-21(31)20(30)19(29)16(10-27)34-22;/h13-22,27-33H,1,5-11H2,2-4H3;1H2/t13-,14+,15+,16-,17-,18-,19-,20+,21-,22+,24-,25-,26+;/m1./s1. The first kappa shape index (κ1) is 28.4. The Balaban J connectivity index is 0.00000304. The molecule has 13 atom stereocenters. The van der Waals surface area contributed by atoms with E-state index in [1.807, 2.05) is 20.8 Å². The van der Waals surface area contributed by atoms with Crippen LogP contribution in [0.15, 0.2) is 12.2 Å². The number of fused-ring (bicyclic) bond motifs is 2. The van der Waals surface area contributed by atoms with Gasteiger partial charge in [-0.15, -0.1) is 0 Å². The molecule has 4 saturated carbocycles. The third-order valence-corrected chi connectivity index (χ3v) is 10.8. The minimum absolute atomic E-state index is 0. The van der Waals surface area contributed by atoms with Crippen molar-refractivity contribution in [2.45, 2.75) is 113 Å². The fourth-order valence-electron chi connectivity index (χ4n) is 8.71. The Morgan fingerprint density at radius 2 is 1.64 bits per heavy atom. The molecule has 0 radical (unpaired) electrons. The van der Waals surface area contributed by atoms with Gasteiger partial charge in [0.1, 0.15) is 30.0 Å². The summed E-state index contributed by atoms with van der Waals surface area (Å²) >= 11 is 0. The molecule has 10 heteroatoms. The summed E-state index contributed by atoms with van der Waals surface area (Å²) in [5, 5.41) is 75.2. The van der Waals surface area contributed by atoms with Crippen LogP contribution in [0.1, 0.15) is 59.3 Å². The smallest absolute Gasteiger partial charge is 0.186 e. The lowest BCUT2D eigenvalue weighted by molar-refractivity contribution is -0.321. The molecule has 10 nitrogen and oxygen atoms in total. The quantitative estimate of drug-likeness (QED) is 0.231. The first-order valence-corrected chi connectivity index (χ1v) is 13.0. The van der Waals surface area contributed by atoms with Gasteiger partial charge >= 0.3 is 0 Å². The van der Waals surface area contributed by atoms with Crippen molar-refractivity contribution >= 4 is 0 Å². The van der Waals surface area contributed by atoms with E-state index >= 15 is 0 Å². The molecule has 9 N–H and O–H groups in total. The van der Waals surface area contributed by atoms with Crippen LogP contribution in [0.5, 0.6) is 0 Å². The maximum atomic E-state index is 12.2. The SMILES string of the molecule is C=C1[C@@H]2CC[C@@H]3C[C@@]2(C[C@@H](O)[C@@]2(O)[C@H]1C[C@@H](O[C@@H]1O[C@H](CO)[C@@H](O)[C@H](O)[C@H]1O)C2(C)C)C[C@@]3(C)O.O. The summed E-state index contributed by atoms with van der Waals surface area (Å²) in [7, 11) is 0. The Bertz CT molecular complexity index is 860. The summed E-state index contributed by atoms with van der Waals surface area (Å²) in [6, 6.07) is 0. The number of hydrogen-bond donors (Lipinski definition) is 7. The van der Waals surface area contributed by atoms with Crippen LogP contribution in [-0.2, 0) is 9.47 Å². The normalized spacial score (nSPS) is 55.9. The summed E-state index contributed by atoms with van der Waals surface area (Å²) in [6.07, 6.45) is -4.90. The summed E-state index contributed by atoms with van der Waals surface area (Å²) in [5.41, 5.74) is -2.75. The third-order valence-electron chi connectivity index (χ3n) is 10.8.